The molecule has 1 aromatic heterocycles. The van der Waals surface area contributed by atoms with E-state index < -0.39 is 11.0 Å². The summed E-state index contributed by atoms with van der Waals surface area (Å²) in [7, 11) is -1.06. The van der Waals surface area contributed by atoms with Crippen LogP contribution in [-0.4, -0.2) is 19.4 Å². The van der Waals surface area contributed by atoms with Crippen LogP contribution in [0.25, 0.3) is 15.7 Å². The largest absolute Gasteiger partial charge is 0.460 e. The van der Waals surface area contributed by atoms with Crippen LogP contribution in [0.4, 0.5) is 5.69 Å². The number of rotatable bonds is 10. The Hall–Kier alpha value is -2.64. The fourth-order valence-corrected chi connectivity index (χ4v) is 5.62. The summed E-state index contributed by atoms with van der Waals surface area (Å²) in [6, 6.07) is 13.9. The van der Waals surface area contributed by atoms with Gasteiger partial charge in [-0.2, -0.15) is 0 Å². The highest BCUT2D eigenvalue weighted by atomic mass is 32.2. The highest BCUT2D eigenvalue weighted by molar-refractivity contribution is 8.11. The maximum atomic E-state index is 12.5. The quantitative estimate of drug-likeness (QED) is 0.302. The number of allylic oxidation sites excluding steroid dienone is 2. The number of anilines is 1. The van der Waals surface area contributed by atoms with E-state index in [0.717, 1.165) is 62.7 Å². The van der Waals surface area contributed by atoms with Gasteiger partial charge in [0.2, 0.25) is 0 Å². The zero-order valence-corrected chi connectivity index (χ0v) is 21.8. The molecule has 0 aliphatic heterocycles. The summed E-state index contributed by atoms with van der Waals surface area (Å²) in [6.45, 7) is 12.3. The van der Waals surface area contributed by atoms with Gasteiger partial charge in [0.25, 0.3) is 0 Å². The van der Waals surface area contributed by atoms with Gasteiger partial charge in [-0.1, -0.05) is 56.5 Å². The van der Waals surface area contributed by atoms with E-state index in [9.17, 15) is 4.21 Å². The molecule has 34 heavy (non-hydrogen) atoms. The number of benzene rings is 2. The molecule has 1 N–H and O–H groups in total. The predicted octanol–water partition coefficient (Wildman–Crippen LogP) is 7.24. The number of hydrogen-bond donors (Lipinski definition) is 1. The molecule has 5 nitrogen and oxygen atoms in total. The molecule has 1 heterocycles. The highest BCUT2D eigenvalue weighted by Crippen LogP contribution is 2.41. The van der Waals surface area contributed by atoms with Crippen molar-refractivity contribution in [3.8, 4) is 5.75 Å². The summed E-state index contributed by atoms with van der Waals surface area (Å²) in [5.41, 5.74) is 1.70. The molecule has 0 spiro atoms. The smallest absolute Gasteiger partial charge is 0.134 e. The number of ether oxygens (including phenoxy) is 1. The first-order valence-corrected chi connectivity index (χ1v) is 13.6. The van der Waals surface area contributed by atoms with E-state index in [1.165, 1.54) is 0 Å². The van der Waals surface area contributed by atoms with Gasteiger partial charge in [0.05, 0.1) is 21.5 Å². The molecule has 0 saturated heterocycles. The van der Waals surface area contributed by atoms with Crippen LogP contribution in [0.15, 0.2) is 65.9 Å². The van der Waals surface area contributed by atoms with E-state index in [1.54, 1.807) is 18.0 Å². The molecule has 0 amide bonds. The third-order valence-electron chi connectivity index (χ3n) is 5.71. The molecule has 2 aromatic carbocycles. The Morgan fingerprint density at radius 3 is 2.62 bits per heavy atom. The molecular weight excluding hydrogens is 462 g/mol. The summed E-state index contributed by atoms with van der Waals surface area (Å²) in [6.07, 6.45) is 4.74. The SMILES string of the molecule is C=C(C)S/C(=C(/Oc1ccc(NS(=O)C2CC2)c2ccccc12)C(C)CC)c1ccnc(C)n1. The molecular formula is C27H31N3O2S2. The molecule has 1 aliphatic carbocycles. The second-order valence-corrected chi connectivity index (χ2v) is 11.4. The Labute approximate surface area is 208 Å². The molecule has 7 heteroatoms. The maximum absolute atomic E-state index is 12.5. The van der Waals surface area contributed by atoms with E-state index in [0.29, 0.717) is 5.82 Å². The van der Waals surface area contributed by atoms with E-state index in [-0.39, 0.29) is 11.2 Å². The van der Waals surface area contributed by atoms with E-state index in [4.69, 9.17) is 4.74 Å². The van der Waals surface area contributed by atoms with Crippen molar-refractivity contribution in [1.29, 1.82) is 0 Å². The van der Waals surface area contributed by atoms with Gasteiger partial charge in [0.1, 0.15) is 28.3 Å². The number of nitrogens with one attached hydrogen (secondary N) is 1. The lowest BCUT2D eigenvalue weighted by Crippen LogP contribution is -2.11. The van der Waals surface area contributed by atoms with Crippen LogP contribution < -0.4 is 9.46 Å². The van der Waals surface area contributed by atoms with Gasteiger partial charge in [-0.15, -0.1) is 0 Å². The van der Waals surface area contributed by atoms with Crippen molar-refractivity contribution in [2.45, 2.75) is 52.2 Å². The number of thioether (sulfide) groups is 1. The zero-order valence-electron chi connectivity index (χ0n) is 20.1. The minimum absolute atomic E-state index is 0.163. The van der Waals surface area contributed by atoms with Crippen molar-refractivity contribution in [1.82, 2.24) is 9.97 Å². The third kappa shape index (κ3) is 5.70. The molecule has 178 valence electrons. The number of fused-ring (bicyclic) bond motifs is 1. The first-order chi connectivity index (χ1) is 16.4. The summed E-state index contributed by atoms with van der Waals surface area (Å²) in [5.74, 6) is 2.50. The molecule has 1 fully saturated rings. The number of hydrogen-bond acceptors (Lipinski definition) is 5. The van der Waals surface area contributed by atoms with Gasteiger partial charge in [-0.05, 0) is 56.2 Å². The second-order valence-electron chi connectivity index (χ2n) is 8.65. The number of aryl methyl sites for hydroxylation is 1. The maximum Gasteiger partial charge on any atom is 0.134 e. The van der Waals surface area contributed by atoms with Crippen molar-refractivity contribution >= 4 is 44.1 Å². The third-order valence-corrected chi connectivity index (χ3v) is 8.17. The van der Waals surface area contributed by atoms with Crippen LogP contribution in [-0.2, 0) is 11.0 Å². The summed E-state index contributed by atoms with van der Waals surface area (Å²) < 4.78 is 22.4. The molecule has 4 rings (SSSR count). The topological polar surface area (TPSA) is 64.1 Å². The molecule has 1 aliphatic rings. The second kappa shape index (κ2) is 10.7. The molecule has 1 saturated carbocycles. The highest BCUT2D eigenvalue weighted by Gasteiger charge is 2.29. The van der Waals surface area contributed by atoms with Crippen LogP contribution in [0, 0.1) is 12.8 Å². The molecule has 3 aromatic rings. The van der Waals surface area contributed by atoms with Crippen molar-refractivity contribution in [3.63, 3.8) is 0 Å². The van der Waals surface area contributed by atoms with Crippen LogP contribution >= 0.6 is 11.8 Å². The van der Waals surface area contributed by atoms with Crippen molar-refractivity contribution in [2.75, 3.05) is 4.72 Å². The molecule has 2 unspecified atom stereocenters. The average molecular weight is 494 g/mol. The van der Waals surface area contributed by atoms with Gasteiger partial charge >= 0.3 is 0 Å². The summed E-state index contributed by atoms with van der Waals surface area (Å²) >= 11 is 1.58. The lowest BCUT2D eigenvalue weighted by molar-refractivity contribution is 0.360. The molecule has 2 atom stereocenters. The van der Waals surface area contributed by atoms with Crippen molar-refractivity contribution in [2.24, 2.45) is 5.92 Å². The predicted molar refractivity (Wildman–Crippen MR) is 145 cm³/mol. The van der Waals surface area contributed by atoms with E-state index >= 15 is 0 Å². The van der Waals surface area contributed by atoms with E-state index in [1.807, 2.05) is 56.3 Å². The fraction of sp³-hybridized carbons (Fsp3) is 0.333. The Bertz CT molecular complexity index is 1270. The minimum atomic E-state index is -1.06. The van der Waals surface area contributed by atoms with Gasteiger partial charge in [0.15, 0.2) is 0 Å². The lowest BCUT2D eigenvalue weighted by Gasteiger charge is -2.22. The number of nitrogens with zero attached hydrogens (tertiary/aromatic N) is 2. The Morgan fingerprint density at radius 2 is 1.97 bits per heavy atom. The lowest BCUT2D eigenvalue weighted by atomic mass is 10.0. The van der Waals surface area contributed by atoms with E-state index in [2.05, 4.69) is 35.1 Å². The molecule has 0 bridgehead atoms. The first kappa shape index (κ1) is 24.5. The normalized spacial score (nSPS) is 16.0. The van der Waals surface area contributed by atoms with Crippen molar-refractivity contribution < 1.29 is 8.95 Å². The Kier molecular flexibility index (Phi) is 7.73. The number of aromatic nitrogens is 2. The van der Waals surface area contributed by atoms with Gasteiger partial charge in [0, 0.05) is 22.9 Å². The van der Waals surface area contributed by atoms with Crippen LogP contribution in [0.1, 0.15) is 51.6 Å². The van der Waals surface area contributed by atoms with Crippen LogP contribution in [0.2, 0.25) is 0 Å². The Morgan fingerprint density at radius 1 is 1.24 bits per heavy atom. The van der Waals surface area contributed by atoms with Gasteiger partial charge in [-0.3, -0.25) is 0 Å². The van der Waals surface area contributed by atoms with Crippen molar-refractivity contribution in [3.05, 3.63) is 77.4 Å². The average Bonchev–Trinajstić information content (AvgIpc) is 3.67. The van der Waals surface area contributed by atoms with Gasteiger partial charge < -0.3 is 9.46 Å². The summed E-state index contributed by atoms with van der Waals surface area (Å²) in [5, 5.41) is 2.22. The zero-order chi connectivity index (χ0) is 24.2. The monoisotopic (exact) mass is 493 g/mol. The Balaban J connectivity index is 1.81. The standard InChI is InChI=1S/C27H31N3O2S2/c1-6-18(4)26(27(33-17(2)3)24-15-16-28-19(5)29-24)32-25-14-13-23(30-34(31)20-11-12-20)21-9-7-8-10-22(21)25/h7-10,13-16,18,20,30H,2,6,11-12H2,1,3-5H3/b27-26+. The molecule has 0 radical (unpaired) electrons. The van der Waals surface area contributed by atoms with Crippen LogP contribution in [0.3, 0.4) is 0 Å². The fourth-order valence-electron chi connectivity index (χ4n) is 3.58. The van der Waals surface area contributed by atoms with Gasteiger partial charge in [-0.25, -0.2) is 14.2 Å². The first-order valence-electron chi connectivity index (χ1n) is 11.6. The van der Waals surface area contributed by atoms with Crippen LogP contribution in [0.5, 0.6) is 5.75 Å². The summed E-state index contributed by atoms with van der Waals surface area (Å²) in [4.78, 5) is 10.9. The minimum Gasteiger partial charge on any atom is -0.460 e.